The molecular formula is C10H11N3O3. The van der Waals surface area contributed by atoms with Gasteiger partial charge in [-0.15, -0.1) is 5.10 Å². The maximum absolute atomic E-state index is 10.5. The number of nitrogens with zero attached hydrogens (tertiary/aromatic N) is 3. The third kappa shape index (κ3) is 1.95. The first-order chi connectivity index (χ1) is 7.70. The van der Waals surface area contributed by atoms with Crippen molar-refractivity contribution in [1.82, 2.24) is 14.6 Å². The van der Waals surface area contributed by atoms with Crippen molar-refractivity contribution >= 4 is 11.6 Å². The molecule has 0 spiro atoms. The van der Waals surface area contributed by atoms with E-state index < -0.39 is 5.97 Å². The number of hydrogen-bond acceptors (Lipinski definition) is 4. The van der Waals surface area contributed by atoms with Gasteiger partial charge in [0.2, 0.25) is 5.88 Å². The molecule has 0 atom stereocenters. The van der Waals surface area contributed by atoms with Crippen molar-refractivity contribution in [3.05, 3.63) is 24.0 Å². The van der Waals surface area contributed by atoms with Crippen LogP contribution in [0, 0.1) is 0 Å². The van der Waals surface area contributed by atoms with E-state index in [0.29, 0.717) is 17.9 Å². The summed E-state index contributed by atoms with van der Waals surface area (Å²) in [7, 11) is 1.53. The minimum Gasteiger partial charge on any atom is -0.481 e. The molecule has 0 aromatic carbocycles. The van der Waals surface area contributed by atoms with Gasteiger partial charge in [-0.3, -0.25) is 4.79 Å². The number of aromatic nitrogens is 3. The highest BCUT2D eigenvalue weighted by molar-refractivity contribution is 5.67. The van der Waals surface area contributed by atoms with Crippen molar-refractivity contribution in [2.24, 2.45) is 0 Å². The number of ether oxygens (including phenoxy) is 1. The Labute approximate surface area is 91.5 Å². The number of aliphatic carboxylic acids is 1. The van der Waals surface area contributed by atoms with Crippen molar-refractivity contribution in [1.29, 1.82) is 0 Å². The lowest BCUT2D eigenvalue weighted by atomic mass is 10.2. The summed E-state index contributed by atoms with van der Waals surface area (Å²) in [6.07, 6.45) is 2.09. The predicted molar refractivity (Wildman–Crippen MR) is 55.5 cm³/mol. The maximum atomic E-state index is 10.5. The van der Waals surface area contributed by atoms with E-state index in [-0.39, 0.29) is 6.42 Å². The third-order valence-corrected chi connectivity index (χ3v) is 2.21. The normalized spacial score (nSPS) is 10.6. The smallest absolute Gasteiger partial charge is 0.303 e. The first kappa shape index (κ1) is 10.4. The predicted octanol–water partition coefficient (Wildman–Crippen LogP) is 0.755. The van der Waals surface area contributed by atoms with Crippen LogP contribution < -0.4 is 4.74 Å². The van der Waals surface area contributed by atoms with Crippen molar-refractivity contribution < 1.29 is 14.6 Å². The average molecular weight is 221 g/mol. The molecule has 2 aromatic rings. The van der Waals surface area contributed by atoms with Crippen LogP contribution in [0.1, 0.15) is 12.1 Å². The zero-order valence-electron chi connectivity index (χ0n) is 8.75. The van der Waals surface area contributed by atoms with Crippen LogP contribution in [0.2, 0.25) is 0 Å². The fourth-order valence-electron chi connectivity index (χ4n) is 1.42. The highest BCUT2D eigenvalue weighted by atomic mass is 16.5. The summed E-state index contributed by atoms with van der Waals surface area (Å²) in [6, 6.07) is 3.49. The summed E-state index contributed by atoms with van der Waals surface area (Å²) in [5, 5.41) is 12.8. The van der Waals surface area contributed by atoms with E-state index in [0.717, 1.165) is 5.69 Å². The Bertz CT molecular complexity index is 521. The molecule has 0 bridgehead atoms. The van der Waals surface area contributed by atoms with Gasteiger partial charge in [-0.2, -0.15) is 0 Å². The molecule has 2 aromatic heterocycles. The monoisotopic (exact) mass is 221 g/mol. The lowest BCUT2D eigenvalue weighted by Crippen LogP contribution is -2.03. The lowest BCUT2D eigenvalue weighted by molar-refractivity contribution is -0.136. The van der Waals surface area contributed by atoms with E-state index in [1.807, 2.05) is 0 Å². The zero-order chi connectivity index (χ0) is 11.5. The molecule has 0 amide bonds. The van der Waals surface area contributed by atoms with Crippen LogP contribution in [-0.2, 0) is 11.2 Å². The SMILES string of the molecule is COc1ccc2ncc(CCC(=O)O)n2n1. The van der Waals surface area contributed by atoms with E-state index in [4.69, 9.17) is 9.84 Å². The Morgan fingerprint density at radius 3 is 3.06 bits per heavy atom. The Morgan fingerprint density at radius 2 is 2.38 bits per heavy atom. The van der Waals surface area contributed by atoms with Crippen LogP contribution in [0.4, 0.5) is 0 Å². The second kappa shape index (κ2) is 4.18. The quantitative estimate of drug-likeness (QED) is 0.824. The van der Waals surface area contributed by atoms with Gasteiger partial charge in [0.25, 0.3) is 0 Å². The standard InChI is InChI=1S/C10H11N3O3/c1-16-9-4-3-8-11-6-7(13(8)12-9)2-5-10(14)15/h3-4,6H,2,5H2,1H3,(H,14,15). The molecule has 6 nitrogen and oxygen atoms in total. The fraction of sp³-hybridized carbons (Fsp3) is 0.300. The molecule has 0 aliphatic carbocycles. The molecule has 1 N–H and O–H groups in total. The molecular weight excluding hydrogens is 210 g/mol. The highest BCUT2D eigenvalue weighted by Crippen LogP contribution is 2.11. The van der Waals surface area contributed by atoms with Gasteiger partial charge in [0, 0.05) is 12.5 Å². The van der Waals surface area contributed by atoms with Crippen molar-refractivity contribution in [3.63, 3.8) is 0 Å². The van der Waals surface area contributed by atoms with Crippen LogP contribution in [0.15, 0.2) is 18.3 Å². The summed E-state index contributed by atoms with van der Waals surface area (Å²) in [5.41, 5.74) is 1.44. The van der Waals surface area contributed by atoms with E-state index in [1.165, 1.54) is 7.11 Å². The number of methoxy groups -OCH3 is 1. The fourth-order valence-corrected chi connectivity index (χ4v) is 1.42. The minimum atomic E-state index is -0.835. The first-order valence-corrected chi connectivity index (χ1v) is 4.80. The first-order valence-electron chi connectivity index (χ1n) is 4.80. The Morgan fingerprint density at radius 1 is 1.56 bits per heavy atom. The summed E-state index contributed by atoms with van der Waals surface area (Å²) in [4.78, 5) is 14.6. The Balaban J connectivity index is 2.34. The molecule has 0 saturated carbocycles. The summed E-state index contributed by atoms with van der Waals surface area (Å²) < 4.78 is 6.60. The van der Waals surface area contributed by atoms with E-state index in [1.54, 1.807) is 22.8 Å². The van der Waals surface area contributed by atoms with Gasteiger partial charge in [-0.1, -0.05) is 0 Å². The van der Waals surface area contributed by atoms with Crippen LogP contribution >= 0.6 is 0 Å². The molecule has 6 heteroatoms. The van der Waals surface area contributed by atoms with Crippen molar-refractivity contribution in [2.45, 2.75) is 12.8 Å². The highest BCUT2D eigenvalue weighted by Gasteiger charge is 2.07. The van der Waals surface area contributed by atoms with Crippen molar-refractivity contribution in [3.8, 4) is 5.88 Å². The summed E-state index contributed by atoms with van der Waals surface area (Å²) >= 11 is 0. The largest absolute Gasteiger partial charge is 0.481 e. The number of imidazole rings is 1. The number of rotatable bonds is 4. The van der Waals surface area contributed by atoms with E-state index in [9.17, 15) is 4.79 Å². The molecule has 0 saturated heterocycles. The molecule has 0 radical (unpaired) electrons. The summed E-state index contributed by atoms with van der Waals surface area (Å²) in [6.45, 7) is 0. The van der Waals surface area contributed by atoms with Gasteiger partial charge < -0.3 is 9.84 Å². The molecule has 0 aliphatic rings. The number of carboxylic acids is 1. The second-order valence-electron chi connectivity index (χ2n) is 3.29. The molecule has 0 unspecified atom stereocenters. The second-order valence-corrected chi connectivity index (χ2v) is 3.29. The van der Waals surface area contributed by atoms with Crippen LogP contribution in [-0.4, -0.2) is 32.8 Å². The minimum absolute atomic E-state index is 0.0622. The molecule has 84 valence electrons. The van der Waals surface area contributed by atoms with Gasteiger partial charge in [-0.05, 0) is 6.07 Å². The number of aryl methyl sites for hydroxylation is 1. The molecule has 2 heterocycles. The van der Waals surface area contributed by atoms with E-state index >= 15 is 0 Å². The van der Waals surface area contributed by atoms with Gasteiger partial charge in [-0.25, -0.2) is 9.50 Å². The molecule has 16 heavy (non-hydrogen) atoms. The number of carboxylic acid groups (broad SMARTS) is 1. The van der Waals surface area contributed by atoms with Gasteiger partial charge in [0.15, 0.2) is 5.65 Å². The van der Waals surface area contributed by atoms with E-state index in [2.05, 4.69) is 10.1 Å². The average Bonchev–Trinajstić information content (AvgIpc) is 2.68. The zero-order valence-corrected chi connectivity index (χ0v) is 8.75. The van der Waals surface area contributed by atoms with Gasteiger partial charge >= 0.3 is 5.97 Å². The Kier molecular flexibility index (Phi) is 2.72. The Hall–Kier alpha value is -2.11. The third-order valence-electron chi connectivity index (χ3n) is 2.21. The van der Waals surface area contributed by atoms with Crippen molar-refractivity contribution in [2.75, 3.05) is 7.11 Å². The van der Waals surface area contributed by atoms with Gasteiger partial charge in [0.05, 0.1) is 25.4 Å². The van der Waals surface area contributed by atoms with Crippen LogP contribution in [0.3, 0.4) is 0 Å². The lowest BCUT2D eigenvalue weighted by Gasteiger charge is -2.01. The molecule has 2 rings (SSSR count). The van der Waals surface area contributed by atoms with Crippen LogP contribution in [0.25, 0.3) is 5.65 Å². The molecule has 0 fully saturated rings. The topological polar surface area (TPSA) is 76.7 Å². The maximum Gasteiger partial charge on any atom is 0.303 e. The number of fused-ring (bicyclic) bond motifs is 1. The van der Waals surface area contributed by atoms with Gasteiger partial charge in [0.1, 0.15) is 0 Å². The number of hydrogen-bond donors (Lipinski definition) is 1. The molecule has 0 aliphatic heterocycles. The number of carbonyl (C=O) groups is 1. The van der Waals surface area contributed by atoms with Crippen LogP contribution in [0.5, 0.6) is 5.88 Å². The summed E-state index contributed by atoms with van der Waals surface area (Å²) in [5.74, 6) is -0.361.